The van der Waals surface area contributed by atoms with E-state index in [0.29, 0.717) is 37.8 Å². The first kappa shape index (κ1) is 46.0. The molecule has 1 heterocycles. The van der Waals surface area contributed by atoms with Gasteiger partial charge in [0, 0.05) is 21.8 Å². The fraction of sp³-hybridized carbons (Fsp3) is 0.486. The van der Waals surface area contributed by atoms with Crippen molar-refractivity contribution in [3.63, 3.8) is 0 Å². The van der Waals surface area contributed by atoms with Crippen molar-refractivity contribution >= 4 is 60.2 Å². The minimum atomic E-state index is -5.61. The second-order valence-corrected chi connectivity index (χ2v) is 16.3. The van der Waals surface area contributed by atoms with Gasteiger partial charge in [0.1, 0.15) is 12.4 Å². The van der Waals surface area contributed by atoms with Gasteiger partial charge in [0.25, 0.3) is 13.7 Å². The summed E-state index contributed by atoms with van der Waals surface area (Å²) < 4.78 is 38.8. The Balaban J connectivity index is 0.000000482. The predicted molar refractivity (Wildman–Crippen MR) is 208 cm³/mol. The van der Waals surface area contributed by atoms with Gasteiger partial charge >= 0.3 is 7.82 Å². The maximum absolute atomic E-state index is 12.8. The van der Waals surface area contributed by atoms with Crippen molar-refractivity contribution in [3.8, 4) is 11.8 Å². The van der Waals surface area contributed by atoms with E-state index in [-0.39, 0.29) is 5.70 Å². The van der Waals surface area contributed by atoms with Crippen LogP contribution >= 0.6 is 31.6 Å². The zero-order valence-corrected chi connectivity index (χ0v) is 34.5. The van der Waals surface area contributed by atoms with Gasteiger partial charge in [0.15, 0.2) is 5.70 Å². The molecule has 3 aromatic rings. The SMILES string of the molecule is CCCC[N+](CCCC)(CCCC)CCCC.[C-]#[N+]/C(=C\c1cc(C#N)ccc1OC)c1cn(C(=O)COP(=O)(O)OP(=O)([O-])O)c2ccc(Br)cc12. The highest BCUT2D eigenvalue weighted by Gasteiger charge is 2.29. The number of hydrogen-bond acceptors (Lipinski definition) is 8. The molecule has 0 bridgehead atoms. The molecule has 2 unspecified atom stereocenters. The number of nitrogens with zero attached hydrogens (tertiary/aromatic N) is 4. The average Bonchev–Trinajstić information content (AvgIpc) is 3.49. The molecule has 0 radical (unpaired) electrons. The number of unbranched alkanes of at least 4 members (excludes halogenated alkanes) is 4. The lowest BCUT2D eigenvalue weighted by Gasteiger charge is -2.39. The lowest BCUT2D eigenvalue weighted by Crippen LogP contribution is -2.50. The van der Waals surface area contributed by atoms with Crippen molar-refractivity contribution in [2.24, 2.45) is 0 Å². The minimum absolute atomic E-state index is 0.0858. The molecular weight excluding hydrogens is 786 g/mol. The molecule has 13 nitrogen and oxygen atoms in total. The Morgan fingerprint density at radius 3 is 2.04 bits per heavy atom. The molecule has 0 saturated heterocycles. The lowest BCUT2D eigenvalue weighted by molar-refractivity contribution is -0.929. The van der Waals surface area contributed by atoms with Gasteiger partial charge in [-0.2, -0.15) is 5.26 Å². The van der Waals surface area contributed by atoms with E-state index in [4.69, 9.17) is 16.2 Å². The topological polar surface area (TPSA) is 176 Å². The largest absolute Gasteiger partial charge is 0.756 e. The Morgan fingerprint density at radius 1 is 1.00 bits per heavy atom. The van der Waals surface area contributed by atoms with Crippen LogP contribution in [0.4, 0.5) is 0 Å². The van der Waals surface area contributed by atoms with Crippen molar-refractivity contribution in [1.82, 2.24) is 4.57 Å². The highest BCUT2D eigenvalue weighted by atomic mass is 79.9. The van der Waals surface area contributed by atoms with Gasteiger partial charge in [0.05, 0.1) is 57.0 Å². The average molecular weight is 838 g/mol. The number of phosphoric ester groups is 1. The fourth-order valence-electron chi connectivity index (χ4n) is 5.85. The number of rotatable bonds is 20. The van der Waals surface area contributed by atoms with Crippen LogP contribution < -0.4 is 9.63 Å². The van der Waals surface area contributed by atoms with Gasteiger partial charge < -0.3 is 23.9 Å². The zero-order chi connectivity index (χ0) is 39.7. The van der Waals surface area contributed by atoms with Crippen LogP contribution in [0.25, 0.3) is 27.5 Å². The van der Waals surface area contributed by atoms with E-state index < -0.39 is 28.2 Å². The summed E-state index contributed by atoms with van der Waals surface area (Å²) in [6.45, 7) is 21.6. The van der Waals surface area contributed by atoms with Gasteiger partial charge in [-0.05, 0) is 73.5 Å². The molecule has 0 aliphatic rings. The molecule has 16 heteroatoms. The molecule has 1 aromatic heterocycles. The van der Waals surface area contributed by atoms with Crippen LogP contribution in [0.5, 0.6) is 5.75 Å². The van der Waals surface area contributed by atoms with E-state index in [9.17, 15) is 29.0 Å². The number of carbonyl (C=O) groups is 1. The fourth-order valence-corrected chi connectivity index (χ4v) is 7.72. The summed E-state index contributed by atoms with van der Waals surface area (Å²) >= 11 is 3.34. The Morgan fingerprint density at radius 2 is 1.57 bits per heavy atom. The maximum Gasteiger partial charge on any atom is 0.479 e. The minimum Gasteiger partial charge on any atom is -0.756 e. The number of quaternary nitrogens is 1. The summed E-state index contributed by atoms with van der Waals surface area (Å²) in [5, 5.41) is 9.67. The number of fused-ring (bicyclic) bond motifs is 1. The van der Waals surface area contributed by atoms with Crippen LogP contribution in [0, 0.1) is 17.9 Å². The van der Waals surface area contributed by atoms with Crippen LogP contribution in [0.15, 0.2) is 47.1 Å². The summed E-state index contributed by atoms with van der Waals surface area (Å²) in [5.74, 6) is -0.499. The molecule has 0 aliphatic carbocycles. The standard InChI is InChI=1S/C21H16BrN3O9P2.C16H36N/c1-24-18(8-14-7-13(10-23)3-6-20(14)32-2)17-11-25(19-5-4-15(22)9-16(17)19)21(26)12-33-36(30,31)34-35(27,28)29;1-5-9-13-17(14-10-6-2,15-11-7-3)16-12-8-4/h3-9,11H,12H2,2H3,(H,30,31)(H2,27,28,29);5-16H2,1-4H3/q;+1/p-1/b18-8-;. The molecule has 2 N–H and O–H groups in total. The number of carbonyl (C=O) groups excluding carboxylic acids is 1. The van der Waals surface area contributed by atoms with Crippen molar-refractivity contribution in [1.29, 1.82) is 5.26 Å². The number of methoxy groups -OCH3 is 1. The molecule has 0 aliphatic heterocycles. The Bertz CT molecular complexity index is 1840. The smallest absolute Gasteiger partial charge is 0.479 e. The number of halogens is 1. The number of benzene rings is 2. The Kier molecular flexibility index (Phi) is 19.4. The highest BCUT2D eigenvalue weighted by molar-refractivity contribution is 9.10. The summed E-state index contributed by atoms with van der Waals surface area (Å²) in [4.78, 5) is 45.1. The highest BCUT2D eigenvalue weighted by Crippen LogP contribution is 2.55. The molecular formula is C37H51BrN4O9P2. The zero-order valence-electron chi connectivity index (χ0n) is 31.1. The third-order valence-corrected chi connectivity index (χ3v) is 11.2. The lowest BCUT2D eigenvalue weighted by atomic mass is 10.1. The van der Waals surface area contributed by atoms with E-state index >= 15 is 0 Å². The van der Waals surface area contributed by atoms with Crippen LogP contribution in [0.3, 0.4) is 0 Å². The van der Waals surface area contributed by atoms with Crippen molar-refractivity contribution in [3.05, 3.63) is 75.2 Å². The number of ether oxygens (including phenoxy) is 1. The number of nitriles is 1. The second kappa shape index (κ2) is 22.3. The van der Waals surface area contributed by atoms with Gasteiger partial charge in [-0.1, -0.05) is 69.3 Å². The van der Waals surface area contributed by atoms with E-state index in [1.807, 2.05) is 6.07 Å². The van der Waals surface area contributed by atoms with Crippen molar-refractivity contribution in [2.75, 3.05) is 39.9 Å². The summed E-state index contributed by atoms with van der Waals surface area (Å²) in [6.07, 6.45) is 13.9. The van der Waals surface area contributed by atoms with Gasteiger partial charge in [0.2, 0.25) is 0 Å². The first-order chi connectivity index (χ1) is 25.1. The normalized spacial score (nSPS) is 14.0. The molecule has 0 fully saturated rings. The predicted octanol–water partition coefficient (Wildman–Crippen LogP) is 8.94. The van der Waals surface area contributed by atoms with Crippen LogP contribution in [-0.4, -0.2) is 64.6 Å². The Labute approximate surface area is 321 Å². The quantitative estimate of drug-likeness (QED) is 0.0635. The molecule has 0 amide bonds. The molecule has 2 atom stereocenters. The third-order valence-electron chi connectivity index (χ3n) is 8.58. The van der Waals surface area contributed by atoms with Crippen LogP contribution in [0.1, 0.15) is 101 Å². The summed E-state index contributed by atoms with van der Waals surface area (Å²) in [7, 11) is -9.48. The monoisotopic (exact) mass is 836 g/mol. The van der Waals surface area contributed by atoms with E-state index in [2.05, 4.69) is 57.3 Å². The first-order valence-corrected chi connectivity index (χ1v) is 21.5. The summed E-state index contributed by atoms with van der Waals surface area (Å²) in [5.41, 5.74) is 1.48. The van der Waals surface area contributed by atoms with E-state index in [1.165, 1.54) is 107 Å². The molecule has 2 aromatic carbocycles. The van der Waals surface area contributed by atoms with Crippen LogP contribution in [0.2, 0.25) is 0 Å². The van der Waals surface area contributed by atoms with Crippen molar-refractivity contribution < 1.29 is 46.7 Å². The van der Waals surface area contributed by atoms with E-state index in [1.54, 1.807) is 30.3 Å². The molecule has 0 spiro atoms. The molecule has 0 saturated carbocycles. The number of hydrogen-bond donors (Lipinski definition) is 2. The molecule has 53 heavy (non-hydrogen) atoms. The van der Waals surface area contributed by atoms with Gasteiger partial charge in [-0.25, -0.2) is 13.7 Å². The number of aromatic nitrogens is 1. The van der Waals surface area contributed by atoms with E-state index in [0.717, 1.165) is 4.57 Å². The second-order valence-electron chi connectivity index (χ2n) is 12.6. The maximum atomic E-state index is 12.8. The Hall–Kier alpha value is -3.13. The summed E-state index contributed by atoms with van der Waals surface area (Å²) in [6, 6.07) is 11.5. The van der Waals surface area contributed by atoms with Gasteiger partial charge in [-0.15, -0.1) is 0 Å². The molecule has 290 valence electrons. The van der Waals surface area contributed by atoms with Crippen molar-refractivity contribution in [2.45, 2.75) is 79.1 Å². The number of phosphoric acid groups is 2. The van der Waals surface area contributed by atoms with Gasteiger partial charge in [-0.3, -0.25) is 18.5 Å². The first-order valence-electron chi connectivity index (χ1n) is 17.7. The van der Waals surface area contributed by atoms with Crippen LogP contribution in [-0.2, 0) is 18.0 Å². The third kappa shape index (κ3) is 14.9. The molecule has 3 rings (SSSR count).